The SMILES string of the molecule is CCN1CCN(c2ccc3c(c2)SN([C@@H]2CN4CCC2CC4)C3)CC1. The molecular formula is C20H30N4S. The summed E-state index contributed by atoms with van der Waals surface area (Å²) >= 11 is 2.04. The van der Waals surface area contributed by atoms with Gasteiger partial charge in [0.05, 0.1) is 0 Å². The molecule has 5 heterocycles. The Bertz CT molecular complexity index is 620. The number of benzene rings is 1. The van der Waals surface area contributed by atoms with Gasteiger partial charge in [0.15, 0.2) is 0 Å². The number of likely N-dealkylation sites (N-methyl/N-ethyl adjacent to an activating group) is 1. The summed E-state index contributed by atoms with van der Waals surface area (Å²) in [6.07, 6.45) is 2.82. The first-order valence-corrected chi connectivity index (χ1v) is 10.8. The van der Waals surface area contributed by atoms with Gasteiger partial charge in [-0.15, -0.1) is 0 Å². The molecule has 5 aliphatic heterocycles. The van der Waals surface area contributed by atoms with Gasteiger partial charge in [-0.3, -0.25) is 0 Å². The Hall–Kier alpha value is -0.750. The van der Waals surface area contributed by atoms with Crippen LogP contribution in [0.1, 0.15) is 25.3 Å². The van der Waals surface area contributed by atoms with Gasteiger partial charge in [0, 0.05) is 55.9 Å². The van der Waals surface area contributed by atoms with Crippen LogP contribution >= 0.6 is 11.9 Å². The molecule has 0 unspecified atom stereocenters. The van der Waals surface area contributed by atoms with E-state index >= 15 is 0 Å². The van der Waals surface area contributed by atoms with E-state index in [1.807, 2.05) is 11.9 Å². The molecule has 0 aliphatic carbocycles. The van der Waals surface area contributed by atoms with Crippen LogP contribution < -0.4 is 4.90 Å². The van der Waals surface area contributed by atoms with Gasteiger partial charge in [0.1, 0.15) is 0 Å². The molecule has 0 N–H and O–H groups in total. The Balaban J connectivity index is 1.28. The van der Waals surface area contributed by atoms with E-state index < -0.39 is 0 Å². The average Bonchev–Trinajstić information content (AvgIpc) is 3.12. The number of hydrogen-bond donors (Lipinski definition) is 0. The third-order valence-electron chi connectivity index (χ3n) is 6.77. The van der Waals surface area contributed by atoms with E-state index in [2.05, 4.69) is 44.1 Å². The van der Waals surface area contributed by atoms with Crippen molar-refractivity contribution in [3.63, 3.8) is 0 Å². The Morgan fingerprint density at radius 2 is 1.84 bits per heavy atom. The molecule has 0 radical (unpaired) electrons. The molecule has 1 atom stereocenters. The molecule has 4 saturated heterocycles. The van der Waals surface area contributed by atoms with Crippen molar-refractivity contribution in [1.82, 2.24) is 14.1 Å². The van der Waals surface area contributed by atoms with Crippen molar-refractivity contribution in [2.75, 3.05) is 57.3 Å². The van der Waals surface area contributed by atoms with Crippen LogP contribution in [0.25, 0.3) is 0 Å². The quantitative estimate of drug-likeness (QED) is 0.768. The zero-order valence-electron chi connectivity index (χ0n) is 15.4. The zero-order chi connectivity index (χ0) is 16.8. The lowest BCUT2D eigenvalue weighted by atomic mass is 9.84. The number of hydrogen-bond acceptors (Lipinski definition) is 5. The fraction of sp³-hybridized carbons (Fsp3) is 0.700. The lowest BCUT2D eigenvalue weighted by molar-refractivity contribution is 0.0420. The minimum atomic E-state index is 0.761. The number of piperazine rings is 1. The van der Waals surface area contributed by atoms with Crippen LogP contribution in [0.4, 0.5) is 5.69 Å². The summed E-state index contributed by atoms with van der Waals surface area (Å²) in [5.41, 5.74) is 2.97. The fourth-order valence-corrected chi connectivity index (χ4v) is 6.30. The average molecular weight is 359 g/mol. The fourth-order valence-electron chi connectivity index (χ4n) is 5.05. The van der Waals surface area contributed by atoms with Crippen molar-refractivity contribution in [3.8, 4) is 0 Å². The van der Waals surface area contributed by atoms with Gasteiger partial charge in [0.2, 0.25) is 0 Å². The number of rotatable bonds is 3. The number of anilines is 1. The molecule has 0 saturated carbocycles. The third kappa shape index (κ3) is 3.09. The monoisotopic (exact) mass is 358 g/mol. The molecule has 5 aliphatic rings. The standard InChI is InChI=1S/C20H30N4S/c1-2-21-9-11-23(12-10-21)18-4-3-17-14-24(25-20(17)13-18)19-15-22-7-5-16(19)6-8-22/h3-4,13,16,19H,2,5-12,14-15H2,1H3/t19-/m1/s1. The van der Waals surface area contributed by atoms with Crippen LogP contribution in [0.15, 0.2) is 23.1 Å². The van der Waals surface area contributed by atoms with Crippen molar-refractivity contribution in [2.24, 2.45) is 5.92 Å². The highest BCUT2D eigenvalue weighted by Gasteiger charge is 2.40. The molecule has 25 heavy (non-hydrogen) atoms. The van der Waals surface area contributed by atoms with Crippen LogP contribution in [0, 0.1) is 5.92 Å². The van der Waals surface area contributed by atoms with E-state index in [9.17, 15) is 0 Å². The second-order valence-corrected chi connectivity index (χ2v) is 9.18. The molecule has 1 aromatic rings. The maximum Gasteiger partial charge on any atom is 0.0379 e. The van der Waals surface area contributed by atoms with E-state index in [0.717, 1.165) is 18.5 Å². The predicted octanol–water partition coefficient (Wildman–Crippen LogP) is 2.75. The molecule has 2 bridgehead atoms. The summed E-state index contributed by atoms with van der Waals surface area (Å²) in [4.78, 5) is 9.30. The van der Waals surface area contributed by atoms with Gasteiger partial charge < -0.3 is 14.7 Å². The molecule has 1 aromatic carbocycles. The van der Waals surface area contributed by atoms with E-state index in [1.54, 1.807) is 0 Å². The van der Waals surface area contributed by atoms with Crippen LogP contribution in [-0.4, -0.2) is 72.5 Å². The number of fused-ring (bicyclic) bond motifs is 4. The highest BCUT2D eigenvalue weighted by atomic mass is 32.2. The van der Waals surface area contributed by atoms with Crippen LogP contribution in [0.3, 0.4) is 0 Å². The van der Waals surface area contributed by atoms with Crippen molar-refractivity contribution in [1.29, 1.82) is 0 Å². The smallest absolute Gasteiger partial charge is 0.0379 e. The van der Waals surface area contributed by atoms with E-state index in [0.29, 0.717) is 0 Å². The summed E-state index contributed by atoms with van der Waals surface area (Å²) in [6, 6.07) is 7.98. The molecule has 4 nitrogen and oxygen atoms in total. The number of piperidine rings is 3. The molecule has 136 valence electrons. The summed E-state index contributed by atoms with van der Waals surface area (Å²) in [6.45, 7) is 13.3. The second-order valence-electron chi connectivity index (χ2n) is 8.09. The van der Waals surface area contributed by atoms with Crippen molar-refractivity contribution < 1.29 is 0 Å². The Morgan fingerprint density at radius 1 is 1.04 bits per heavy atom. The molecule has 0 amide bonds. The zero-order valence-corrected chi connectivity index (χ0v) is 16.2. The van der Waals surface area contributed by atoms with Crippen LogP contribution in [-0.2, 0) is 6.54 Å². The van der Waals surface area contributed by atoms with Crippen LogP contribution in [0.2, 0.25) is 0 Å². The highest BCUT2D eigenvalue weighted by molar-refractivity contribution is 7.97. The predicted molar refractivity (Wildman–Crippen MR) is 105 cm³/mol. The third-order valence-corrected chi connectivity index (χ3v) is 7.98. The minimum Gasteiger partial charge on any atom is -0.369 e. The number of nitrogens with zero attached hydrogens (tertiary/aromatic N) is 4. The van der Waals surface area contributed by atoms with Gasteiger partial charge in [-0.25, -0.2) is 4.31 Å². The Morgan fingerprint density at radius 3 is 2.52 bits per heavy atom. The van der Waals surface area contributed by atoms with Crippen molar-refractivity contribution in [3.05, 3.63) is 23.8 Å². The lowest BCUT2D eigenvalue weighted by Crippen LogP contribution is -2.54. The lowest BCUT2D eigenvalue weighted by Gasteiger charge is -2.47. The van der Waals surface area contributed by atoms with Gasteiger partial charge in [-0.2, -0.15) is 0 Å². The summed E-state index contributed by atoms with van der Waals surface area (Å²) in [5, 5.41) is 0. The van der Waals surface area contributed by atoms with Crippen molar-refractivity contribution >= 4 is 17.6 Å². The van der Waals surface area contributed by atoms with Gasteiger partial charge in [-0.05, 0) is 68.0 Å². The maximum absolute atomic E-state index is 2.69. The topological polar surface area (TPSA) is 13.0 Å². The molecule has 5 heteroatoms. The minimum absolute atomic E-state index is 0.761. The molecule has 0 spiro atoms. The molecule has 0 aromatic heterocycles. The van der Waals surface area contributed by atoms with E-state index in [4.69, 9.17) is 0 Å². The first-order valence-electron chi connectivity index (χ1n) is 10.1. The summed E-state index contributed by atoms with van der Waals surface area (Å²) in [5.74, 6) is 0.924. The molecule has 6 rings (SSSR count). The first kappa shape index (κ1) is 16.4. The molecule has 4 fully saturated rings. The normalized spacial score (nSPS) is 33.0. The highest BCUT2D eigenvalue weighted by Crippen LogP contribution is 2.43. The van der Waals surface area contributed by atoms with Gasteiger partial charge in [0.25, 0.3) is 0 Å². The van der Waals surface area contributed by atoms with Crippen LogP contribution in [0.5, 0.6) is 0 Å². The maximum atomic E-state index is 2.69. The first-order chi connectivity index (χ1) is 12.3. The largest absolute Gasteiger partial charge is 0.369 e. The van der Waals surface area contributed by atoms with Gasteiger partial charge in [-0.1, -0.05) is 13.0 Å². The van der Waals surface area contributed by atoms with E-state index in [-0.39, 0.29) is 0 Å². The van der Waals surface area contributed by atoms with Gasteiger partial charge >= 0.3 is 0 Å². The Kier molecular flexibility index (Phi) is 4.44. The summed E-state index contributed by atoms with van der Waals surface area (Å²) < 4.78 is 2.69. The summed E-state index contributed by atoms with van der Waals surface area (Å²) in [7, 11) is 0. The van der Waals surface area contributed by atoms with Crippen molar-refractivity contribution in [2.45, 2.75) is 37.2 Å². The molecular weight excluding hydrogens is 328 g/mol. The van der Waals surface area contributed by atoms with E-state index in [1.165, 1.54) is 81.3 Å². The Labute approximate surface area is 156 Å². The second kappa shape index (κ2) is 6.76.